The molecule has 1 aliphatic rings. The largest absolute Gasteiger partial charge is 0.493 e. The van der Waals surface area contributed by atoms with Crippen LogP contribution in [-0.2, 0) is 29.6 Å². The van der Waals surface area contributed by atoms with Gasteiger partial charge in [-0.25, -0.2) is 4.98 Å². The quantitative estimate of drug-likeness (QED) is 0.344. The van der Waals surface area contributed by atoms with E-state index in [0.29, 0.717) is 36.4 Å². The van der Waals surface area contributed by atoms with E-state index >= 15 is 0 Å². The number of rotatable bonds is 11. The lowest BCUT2D eigenvalue weighted by Crippen LogP contribution is -2.25. The Morgan fingerprint density at radius 2 is 1.84 bits per heavy atom. The molecule has 0 unspecified atom stereocenters. The molecular weight excluding hydrogens is 468 g/mol. The number of nitrogens with one attached hydrogen (secondary N) is 1. The van der Waals surface area contributed by atoms with Crippen LogP contribution in [0.15, 0.2) is 52.9 Å². The van der Waals surface area contributed by atoms with Crippen molar-refractivity contribution in [2.24, 2.45) is 0 Å². The van der Waals surface area contributed by atoms with Gasteiger partial charge in [0, 0.05) is 30.4 Å². The number of amides is 1. The monoisotopic (exact) mass is 504 g/mol. The minimum Gasteiger partial charge on any atom is -0.493 e. The standard InChI is InChI=1S/C30H36N2O5/c1-21-26(32-29(37-21)30(2)16-7-4-8-17-30)15-18-36-24-13-11-23(12-14-27(33)34)25(19-24)28(35)31-20-22-9-5-3-6-10-22/h3,5-6,9-11,13,19H,4,7-8,12,14-18,20H2,1-2H3,(H,31,35)(H,33,34). The molecule has 196 valence electrons. The normalized spacial score (nSPS) is 14.8. The third-order valence-corrected chi connectivity index (χ3v) is 7.20. The Bertz CT molecular complexity index is 1210. The zero-order valence-corrected chi connectivity index (χ0v) is 21.7. The lowest BCUT2D eigenvalue weighted by atomic mass is 9.76. The summed E-state index contributed by atoms with van der Waals surface area (Å²) in [7, 11) is 0. The van der Waals surface area contributed by atoms with Gasteiger partial charge in [-0.15, -0.1) is 0 Å². The number of ether oxygens (including phenoxy) is 1. The van der Waals surface area contributed by atoms with Gasteiger partial charge in [-0.3, -0.25) is 9.59 Å². The molecule has 2 aromatic carbocycles. The highest BCUT2D eigenvalue weighted by molar-refractivity contribution is 5.96. The van der Waals surface area contributed by atoms with Crippen LogP contribution in [0.2, 0.25) is 0 Å². The maximum Gasteiger partial charge on any atom is 0.303 e. The van der Waals surface area contributed by atoms with Crippen LogP contribution in [0.25, 0.3) is 0 Å². The van der Waals surface area contributed by atoms with E-state index < -0.39 is 5.97 Å². The third-order valence-electron chi connectivity index (χ3n) is 7.20. The average molecular weight is 505 g/mol. The smallest absolute Gasteiger partial charge is 0.303 e. The van der Waals surface area contributed by atoms with Crippen LogP contribution < -0.4 is 10.1 Å². The third kappa shape index (κ3) is 7.00. The number of aryl methyl sites for hydroxylation is 2. The Morgan fingerprint density at radius 1 is 1.08 bits per heavy atom. The second-order valence-corrected chi connectivity index (χ2v) is 10.1. The topological polar surface area (TPSA) is 102 Å². The summed E-state index contributed by atoms with van der Waals surface area (Å²) in [4.78, 5) is 29.0. The molecule has 7 nitrogen and oxygen atoms in total. The first-order valence-electron chi connectivity index (χ1n) is 13.1. The van der Waals surface area contributed by atoms with Crippen LogP contribution in [0, 0.1) is 6.92 Å². The minimum absolute atomic E-state index is 0.00983. The lowest BCUT2D eigenvalue weighted by molar-refractivity contribution is -0.136. The molecule has 7 heteroatoms. The number of carboxylic acids is 1. The van der Waals surface area contributed by atoms with Gasteiger partial charge in [-0.05, 0) is 49.4 Å². The second-order valence-electron chi connectivity index (χ2n) is 10.1. The molecule has 0 aliphatic heterocycles. The highest BCUT2D eigenvalue weighted by Gasteiger charge is 2.34. The highest BCUT2D eigenvalue weighted by atomic mass is 16.5. The van der Waals surface area contributed by atoms with Gasteiger partial charge in [-0.2, -0.15) is 0 Å². The van der Waals surface area contributed by atoms with Gasteiger partial charge < -0.3 is 19.6 Å². The fourth-order valence-corrected chi connectivity index (χ4v) is 4.92. The van der Waals surface area contributed by atoms with Crippen molar-refractivity contribution in [2.45, 2.75) is 77.2 Å². The van der Waals surface area contributed by atoms with Crippen LogP contribution >= 0.6 is 0 Å². The van der Waals surface area contributed by atoms with Crippen molar-refractivity contribution in [1.82, 2.24) is 10.3 Å². The average Bonchev–Trinajstić information content (AvgIpc) is 3.28. The van der Waals surface area contributed by atoms with Crippen molar-refractivity contribution < 1.29 is 23.8 Å². The van der Waals surface area contributed by atoms with E-state index in [1.807, 2.05) is 37.3 Å². The summed E-state index contributed by atoms with van der Waals surface area (Å²) in [6.07, 6.45) is 6.72. The van der Waals surface area contributed by atoms with E-state index in [-0.39, 0.29) is 24.2 Å². The van der Waals surface area contributed by atoms with Crippen molar-refractivity contribution >= 4 is 11.9 Å². The molecule has 0 bridgehead atoms. The van der Waals surface area contributed by atoms with E-state index in [4.69, 9.17) is 19.2 Å². The second kappa shape index (κ2) is 12.1. The fraction of sp³-hybridized carbons (Fsp3) is 0.433. The zero-order valence-electron chi connectivity index (χ0n) is 21.7. The lowest BCUT2D eigenvalue weighted by Gasteiger charge is -2.30. The summed E-state index contributed by atoms with van der Waals surface area (Å²) in [5.74, 6) is 1.06. The SMILES string of the molecule is Cc1oc(C2(C)CCCCC2)nc1CCOc1ccc(CCC(=O)O)c(C(=O)NCc2ccccc2)c1. The van der Waals surface area contributed by atoms with Crippen LogP contribution in [-0.4, -0.2) is 28.6 Å². The first kappa shape index (κ1) is 26.5. The molecule has 4 rings (SSSR count). The minimum atomic E-state index is -0.902. The predicted molar refractivity (Wildman–Crippen MR) is 141 cm³/mol. The van der Waals surface area contributed by atoms with Crippen molar-refractivity contribution in [3.05, 3.63) is 82.6 Å². The molecule has 1 saturated carbocycles. The summed E-state index contributed by atoms with van der Waals surface area (Å²) in [5.41, 5.74) is 3.01. The molecule has 1 aromatic heterocycles. The summed E-state index contributed by atoms with van der Waals surface area (Å²) >= 11 is 0. The molecule has 37 heavy (non-hydrogen) atoms. The van der Waals surface area contributed by atoms with Gasteiger partial charge in [0.15, 0.2) is 0 Å². The number of oxazole rings is 1. The number of carbonyl (C=O) groups is 2. The number of hydrogen-bond acceptors (Lipinski definition) is 5. The maximum absolute atomic E-state index is 13.0. The molecule has 2 N–H and O–H groups in total. The molecule has 3 aromatic rings. The Hall–Kier alpha value is -3.61. The molecule has 0 spiro atoms. The number of nitrogens with zero attached hydrogens (tertiary/aromatic N) is 1. The van der Waals surface area contributed by atoms with Gasteiger partial charge in [0.1, 0.15) is 11.5 Å². The van der Waals surface area contributed by atoms with Gasteiger partial charge in [-0.1, -0.05) is 62.6 Å². The van der Waals surface area contributed by atoms with E-state index in [9.17, 15) is 9.59 Å². The molecule has 0 saturated heterocycles. The van der Waals surface area contributed by atoms with Gasteiger partial charge in [0.05, 0.1) is 12.3 Å². The molecule has 0 radical (unpaired) electrons. The van der Waals surface area contributed by atoms with Gasteiger partial charge in [0.25, 0.3) is 5.91 Å². The van der Waals surface area contributed by atoms with E-state index in [1.54, 1.807) is 18.2 Å². The van der Waals surface area contributed by atoms with Crippen LogP contribution in [0.4, 0.5) is 0 Å². The number of carbonyl (C=O) groups excluding carboxylic acids is 1. The van der Waals surface area contributed by atoms with Crippen molar-refractivity contribution in [3.63, 3.8) is 0 Å². The first-order valence-corrected chi connectivity index (χ1v) is 13.1. The summed E-state index contributed by atoms with van der Waals surface area (Å²) in [6, 6.07) is 14.9. The molecule has 1 heterocycles. The summed E-state index contributed by atoms with van der Waals surface area (Å²) in [5, 5.41) is 12.1. The number of benzene rings is 2. The van der Waals surface area contributed by atoms with E-state index in [2.05, 4.69) is 12.2 Å². The molecule has 1 aliphatic carbocycles. The van der Waals surface area contributed by atoms with Crippen LogP contribution in [0.1, 0.15) is 84.3 Å². The van der Waals surface area contributed by atoms with Gasteiger partial charge >= 0.3 is 5.97 Å². The Morgan fingerprint density at radius 3 is 2.57 bits per heavy atom. The fourth-order valence-electron chi connectivity index (χ4n) is 4.92. The molecule has 0 atom stereocenters. The number of aromatic nitrogens is 1. The van der Waals surface area contributed by atoms with E-state index in [0.717, 1.165) is 35.7 Å². The zero-order chi connectivity index (χ0) is 26.3. The maximum atomic E-state index is 13.0. The highest BCUT2D eigenvalue weighted by Crippen LogP contribution is 2.39. The van der Waals surface area contributed by atoms with Crippen LogP contribution in [0.3, 0.4) is 0 Å². The number of hydrogen-bond donors (Lipinski definition) is 2. The number of carboxylic acid groups (broad SMARTS) is 1. The predicted octanol–water partition coefficient (Wildman–Crippen LogP) is 5.77. The van der Waals surface area contributed by atoms with Crippen molar-refractivity contribution in [2.75, 3.05) is 6.61 Å². The Kier molecular flexibility index (Phi) is 8.64. The van der Waals surface area contributed by atoms with Crippen molar-refractivity contribution in [1.29, 1.82) is 0 Å². The molecule has 1 fully saturated rings. The Balaban J connectivity index is 1.41. The molecule has 1 amide bonds. The van der Waals surface area contributed by atoms with Gasteiger partial charge in [0.2, 0.25) is 5.89 Å². The Labute approximate surface area is 218 Å². The van der Waals surface area contributed by atoms with Crippen molar-refractivity contribution in [3.8, 4) is 5.75 Å². The molecular formula is C30H36N2O5. The summed E-state index contributed by atoms with van der Waals surface area (Å²) < 4.78 is 12.1. The van der Waals surface area contributed by atoms with Crippen LogP contribution in [0.5, 0.6) is 5.75 Å². The van der Waals surface area contributed by atoms with E-state index in [1.165, 1.54) is 19.3 Å². The number of aliphatic carboxylic acids is 1. The first-order chi connectivity index (χ1) is 17.8. The summed E-state index contributed by atoms with van der Waals surface area (Å²) in [6.45, 7) is 4.97.